The Kier molecular flexibility index (Phi) is 28.3. The second-order valence-electron chi connectivity index (χ2n) is 8.65. The van der Waals surface area contributed by atoms with Gasteiger partial charge in [-0.25, -0.2) is 0 Å². The molecule has 0 saturated carbocycles. The van der Waals surface area contributed by atoms with Crippen LogP contribution in [-0.4, -0.2) is 150 Å². The number of hydrogen-bond acceptors (Lipinski definition) is 13. The first-order chi connectivity index (χ1) is 21.2. The number of para-hydroxylation sites is 2. The van der Waals surface area contributed by atoms with E-state index in [2.05, 4.69) is 0 Å². The van der Waals surface area contributed by atoms with E-state index in [0.29, 0.717) is 144 Å². The number of carboxylic acids is 1. The van der Waals surface area contributed by atoms with E-state index in [4.69, 9.17) is 62.9 Å². The molecule has 0 radical (unpaired) electrons. The first kappa shape index (κ1) is 38.9. The molecule has 0 heterocycles. The monoisotopic (exact) mass is 621 g/mol. The van der Waals surface area contributed by atoms with Crippen molar-refractivity contribution >= 4 is 11.7 Å². The molecule has 250 valence electrons. The Bertz CT molecular complexity index is 744. The highest BCUT2D eigenvalue weighted by Gasteiger charge is 1.99. The largest absolute Gasteiger partial charge is 0.489 e. The molecule has 0 unspecified atom stereocenters. The molecule has 0 aliphatic rings. The molecular weight excluding hydrogens is 570 g/mol. The van der Waals surface area contributed by atoms with Crippen molar-refractivity contribution in [2.75, 3.05) is 144 Å². The molecule has 1 rings (SSSR count). The number of rotatable bonds is 34. The second-order valence-corrected chi connectivity index (χ2v) is 8.65. The van der Waals surface area contributed by atoms with Crippen LogP contribution in [0.1, 0.15) is 6.42 Å². The van der Waals surface area contributed by atoms with Gasteiger partial charge in [0.1, 0.15) is 12.4 Å². The van der Waals surface area contributed by atoms with Crippen LogP contribution in [0.4, 0.5) is 5.69 Å². The Labute approximate surface area is 254 Å². The van der Waals surface area contributed by atoms with E-state index >= 15 is 0 Å². The summed E-state index contributed by atoms with van der Waals surface area (Å²) < 4.78 is 59.5. The first-order valence-electron chi connectivity index (χ1n) is 14.7. The molecule has 1 aromatic carbocycles. The highest BCUT2D eigenvalue weighted by atomic mass is 16.6. The Hall–Kier alpha value is -2.11. The summed E-state index contributed by atoms with van der Waals surface area (Å²) >= 11 is 0. The van der Waals surface area contributed by atoms with E-state index in [9.17, 15) is 4.79 Å². The minimum Gasteiger partial charge on any atom is -0.489 e. The zero-order valence-electron chi connectivity index (χ0n) is 25.3. The molecule has 14 nitrogen and oxygen atoms in total. The molecule has 43 heavy (non-hydrogen) atoms. The third-order valence-corrected chi connectivity index (χ3v) is 5.21. The Balaban J connectivity index is 1.64. The predicted molar refractivity (Wildman–Crippen MR) is 157 cm³/mol. The topological polar surface area (TPSA) is 165 Å². The average molecular weight is 622 g/mol. The molecule has 0 aliphatic carbocycles. The van der Waals surface area contributed by atoms with Gasteiger partial charge in [0.2, 0.25) is 0 Å². The molecule has 0 saturated heterocycles. The summed E-state index contributed by atoms with van der Waals surface area (Å²) in [6.45, 7) is 9.60. The maximum Gasteiger partial charge on any atom is 0.305 e. The van der Waals surface area contributed by atoms with Gasteiger partial charge in [0.25, 0.3) is 0 Å². The predicted octanol–water partition coefficient (Wildman–Crippen LogP) is 1.29. The van der Waals surface area contributed by atoms with Crippen LogP contribution in [0, 0.1) is 0 Å². The van der Waals surface area contributed by atoms with Crippen molar-refractivity contribution < 1.29 is 62.0 Å². The minimum absolute atomic E-state index is 0.00276. The number of benzene rings is 1. The van der Waals surface area contributed by atoms with Gasteiger partial charge in [-0.1, -0.05) is 12.1 Å². The summed E-state index contributed by atoms with van der Waals surface area (Å²) in [6, 6.07) is 7.36. The minimum atomic E-state index is -0.875. The zero-order chi connectivity index (χ0) is 30.9. The van der Waals surface area contributed by atoms with E-state index in [1.165, 1.54) is 0 Å². The zero-order valence-corrected chi connectivity index (χ0v) is 25.3. The van der Waals surface area contributed by atoms with Crippen LogP contribution >= 0.6 is 0 Å². The summed E-state index contributed by atoms with van der Waals surface area (Å²) in [4.78, 5) is 10.3. The van der Waals surface area contributed by atoms with Crippen molar-refractivity contribution in [3.05, 3.63) is 24.3 Å². The van der Waals surface area contributed by atoms with Crippen molar-refractivity contribution in [3.63, 3.8) is 0 Å². The second kappa shape index (κ2) is 31.3. The lowest BCUT2D eigenvalue weighted by molar-refractivity contribution is -0.138. The van der Waals surface area contributed by atoms with Gasteiger partial charge >= 0.3 is 5.97 Å². The fraction of sp³-hybridized carbons (Fsp3) is 0.759. The van der Waals surface area contributed by atoms with E-state index in [-0.39, 0.29) is 13.0 Å². The molecule has 1 aromatic rings. The maximum atomic E-state index is 10.3. The lowest BCUT2D eigenvalue weighted by Crippen LogP contribution is -2.15. The lowest BCUT2D eigenvalue weighted by Gasteiger charge is -2.09. The first-order valence-corrected chi connectivity index (χ1v) is 14.7. The molecule has 14 heteroatoms. The maximum absolute atomic E-state index is 10.3. The number of ether oxygens (including phenoxy) is 11. The number of anilines is 1. The molecule has 0 fully saturated rings. The quantitative estimate of drug-likeness (QED) is 0.0835. The smallest absolute Gasteiger partial charge is 0.305 e. The number of carbonyl (C=O) groups is 1. The highest BCUT2D eigenvalue weighted by Crippen LogP contribution is 2.19. The number of hydrogen-bond donors (Lipinski definition) is 2. The number of nitrogen functional groups attached to an aromatic ring is 1. The van der Waals surface area contributed by atoms with Crippen LogP contribution in [0.15, 0.2) is 24.3 Å². The number of aliphatic carboxylic acids is 1. The third-order valence-electron chi connectivity index (χ3n) is 5.21. The fourth-order valence-corrected chi connectivity index (χ4v) is 3.06. The van der Waals surface area contributed by atoms with Gasteiger partial charge in [-0.15, -0.1) is 0 Å². The van der Waals surface area contributed by atoms with Gasteiger partial charge in [0.05, 0.1) is 144 Å². The summed E-state index contributed by atoms with van der Waals surface area (Å²) in [5.41, 5.74) is 6.42. The third kappa shape index (κ3) is 28.4. The molecule has 0 aromatic heterocycles. The molecule has 0 aliphatic heterocycles. The van der Waals surface area contributed by atoms with E-state index < -0.39 is 5.97 Å². The van der Waals surface area contributed by atoms with Crippen LogP contribution in [-0.2, 0) is 52.2 Å². The Morgan fingerprint density at radius 3 is 1.05 bits per heavy atom. The van der Waals surface area contributed by atoms with Gasteiger partial charge in [-0.3, -0.25) is 4.79 Å². The summed E-state index contributed by atoms with van der Waals surface area (Å²) in [5, 5.41) is 8.48. The SMILES string of the molecule is Nc1ccccc1OCCOCCOCCOCCOCCOCCOCCOCCOCCOCCOCCC(=O)O. The number of carboxylic acid groups (broad SMARTS) is 1. The normalized spacial score (nSPS) is 11.3. The van der Waals surface area contributed by atoms with Crippen molar-refractivity contribution in [3.8, 4) is 5.75 Å². The fourth-order valence-electron chi connectivity index (χ4n) is 3.06. The van der Waals surface area contributed by atoms with Crippen LogP contribution < -0.4 is 10.5 Å². The van der Waals surface area contributed by atoms with Crippen LogP contribution in [0.25, 0.3) is 0 Å². The van der Waals surface area contributed by atoms with E-state index in [1.54, 1.807) is 6.07 Å². The molecular formula is C29H51NO13. The van der Waals surface area contributed by atoms with Crippen molar-refractivity contribution in [2.24, 2.45) is 0 Å². The molecule has 0 amide bonds. The van der Waals surface area contributed by atoms with E-state index in [0.717, 1.165) is 0 Å². The van der Waals surface area contributed by atoms with E-state index in [1.807, 2.05) is 18.2 Å². The van der Waals surface area contributed by atoms with Gasteiger partial charge < -0.3 is 62.9 Å². The average Bonchev–Trinajstić information content (AvgIpc) is 3.00. The summed E-state index contributed by atoms with van der Waals surface area (Å²) in [5.74, 6) is -0.211. The molecule has 3 N–H and O–H groups in total. The van der Waals surface area contributed by atoms with Gasteiger partial charge in [0.15, 0.2) is 0 Å². The van der Waals surface area contributed by atoms with Crippen molar-refractivity contribution in [1.29, 1.82) is 0 Å². The molecule has 0 atom stereocenters. The molecule has 0 bridgehead atoms. The van der Waals surface area contributed by atoms with Crippen LogP contribution in [0.2, 0.25) is 0 Å². The van der Waals surface area contributed by atoms with Gasteiger partial charge in [-0.2, -0.15) is 0 Å². The summed E-state index contributed by atoms with van der Waals surface area (Å²) in [6.07, 6.45) is -0.00276. The van der Waals surface area contributed by atoms with Gasteiger partial charge in [-0.05, 0) is 12.1 Å². The standard InChI is InChI=1S/C29H51NO13/c30-27-3-1-2-4-28(27)43-26-25-42-24-23-41-22-21-40-20-19-39-18-17-38-16-15-37-14-13-36-12-11-35-10-9-34-8-7-33-6-5-29(31)32/h1-4H,5-26,30H2,(H,31,32). The van der Waals surface area contributed by atoms with Gasteiger partial charge in [0, 0.05) is 0 Å². The van der Waals surface area contributed by atoms with Crippen LogP contribution in [0.5, 0.6) is 5.75 Å². The van der Waals surface area contributed by atoms with Crippen molar-refractivity contribution in [1.82, 2.24) is 0 Å². The highest BCUT2D eigenvalue weighted by molar-refractivity contribution is 5.66. The molecule has 0 spiro atoms. The van der Waals surface area contributed by atoms with Crippen LogP contribution in [0.3, 0.4) is 0 Å². The number of nitrogens with two attached hydrogens (primary N) is 1. The summed E-state index contributed by atoms with van der Waals surface area (Å²) in [7, 11) is 0. The Morgan fingerprint density at radius 2 is 0.744 bits per heavy atom. The lowest BCUT2D eigenvalue weighted by atomic mass is 10.3. The Morgan fingerprint density at radius 1 is 0.465 bits per heavy atom. The van der Waals surface area contributed by atoms with Crippen molar-refractivity contribution in [2.45, 2.75) is 6.42 Å².